The Labute approximate surface area is 109 Å². The van der Waals surface area contributed by atoms with E-state index in [1.165, 1.54) is 5.56 Å². The lowest BCUT2D eigenvalue weighted by Crippen LogP contribution is -1.84. The predicted molar refractivity (Wildman–Crippen MR) is 76.3 cm³/mol. The largest absolute Gasteiger partial charge is 0.115 e. The van der Waals surface area contributed by atoms with Gasteiger partial charge in [-0.25, -0.2) is 0 Å². The van der Waals surface area contributed by atoms with E-state index in [-0.39, 0.29) is 0 Å². The summed E-state index contributed by atoms with van der Waals surface area (Å²) in [6.45, 7) is 4.10. The number of terminal acetylenes is 1. The van der Waals surface area contributed by atoms with Gasteiger partial charge in [0.2, 0.25) is 0 Å². The molecule has 0 spiro atoms. The van der Waals surface area contributed by atoms with E-state index in [1.54, 1.807) is 0 Å². The van der Waals surface area contributed by atoms with E-state index < -0.39 is 0 Å². The molecule has 0 aromatic heterocycles. The highest BCUT2D eigenvalue weighted by Gasteiger charge is 1.95. The molecule has 86 valence electrons. The fourth-order valence-electron chi connectivity index (χ4n) is 1.67. The van der Waals surface area contributed by atoms with E-state index in [1.807, 2.05) is 37.3 Å². The van der Waals surface area contributed by atoms with Gasteiger partial charge in [0.1, 0.15) is 0 Å². The lowest BCUT2D eigenvalue weighted by atomic mass is 10.1. The van der Waals surface area contributed by atoms with E-state index in [0.717, 1.165) is 22.3 Å². The number of hydrogen-bond acceptors (Lipinski definition) is 0. The van der Waals surface area contributed by atoms with Crippen LogP contribution in [0.4, 0.5) is 0 Å². The average molecular weight is 230 g/mol. The topological polar surface area (TPSA) is 0 Å². The third-order valence-corrected chi connectivity index (χ3v) is 2.79. The van der Waals surface area contributed by atoms with Crippen LogP contribution in [0.2, 0.25) is 0 Å². The van der Waals surface area contributed by atoms with Crippen molar-refractivity contribution in [3.8, 4) is 24.2 Å². The summed E-state index contributed by atoms with van der Waals surface area (Å²) in [7, 11) is 0. The van der Waals surface area contributed by atoms with E-state index in [9.17, 15) is 0 Å². The van der Waals surface area contributed by atoms with Crippen LogP contribution in [0.5, 0.6) is 0 Å². The summed E-state index contributed by atoms with van der Waals surface area (Å²) in [4.78, 5) is 0. The van der Waals surface area contributed by atoms with E-state index in [2.05, 4.69) is 36.8 Å². The fraction of sp³-hybridized carbons (Fsp3) is 0.111. The van der Waals surface area contributed by atoms with Gasteiger partial charge in [-0.05, 0) is 49.7 Å². The Morgan fingerprint density at radius 1 is 0.833 bits per heavy atom. The Morgan fingerprint density at radius 2 is 1.50 bits per heavy atom. The van der Waals surface area contributed by atoms with Crippen LogP contribution in [0.3, 0.4) is 0 Å². The molecule has 2 aromatic carbocycles. The molecule has 2 aromatic rings. The molecule has 0 amide bonds. The molecule has 0 aliphatic rings. The second kappa shape index (κ2) is 5.26. The maximum Gasteiger partial charge on any atom is 0.0279 e. The van der Waals surface area contributed by atoms with Crippen molar-refractivity contribution in [3.05, 3.63) is 70.3 Å². The Balaban J connectivity index is 2.30. The van der Waals surface area contributed by atoms with Crippen molar-refractivity contribution >= 4 is 0 Å². The van der Waals surface area contributed by atoms with Gasteiger partial charge in [0, 0.05) is 16.7 Å². The molecule has 0 aliphatic heterocycles. The van der Waals surface area contributed by atoms with E-state index in [0.29, 0.717) is 0 Å². The van der Waals surface area contributed by atoms with Crippen molar-refractivity contribution in [1.29, 1.82) is 0 Å². The highest BCUT2D eigenvalue weighted by atomic mass is 14.0. The first-order valence-corrected chi connectivity index (χ1v) is 5.85. The van der Waals surface area contributed by atoms with Gasteiger partial charge in [-0.2, -0.15) is 0 Å². The minimum atomic E-state index is 0.897. The number of aryl methyl sites for hydroxylation is 2. The van der Waals surface area contributed by atoms with Crippen LogP contribution in [0.25, 0.3) is 0 Å². The van der Waals surface area contributed by atoms with Crippen molar-refractivity contribution in [1.82, 2.24) is 0 Å². The minimum Gasteiger partial charge on any atom is -0.115 e. The number of hydrogen-bond donors (Lipinski definition) is 0. The third-order valence-electron chi connectivity index (χ3n) is 2.79. The van der Waals surface area contributed by atoms with Gasteiger partial charge in [0.25, 0.3) is 0 Å². The van der Waals surface area contributed by atoms with Gasteiger partial charge in [-0.1, -0.05) is 35.5 Å². The molecule has 0 nitrogen and oxygen atoms in total. The van der Waals surface area contributed by atoms with Gasteiger partial charge in [0.05, 0.1) is 0 Å². The number of benzene rings is 2. The van der Waals surface area contributed by atoms with Crippen LogP contribution >= 0.6 is 0 Å². The normalized spacial score (nSPS) is 9.17. The summed E-state index contributed by atoms with van der Waals surface area (Å²) >= 11 is 0. The first kappa shape index (κ1) is 12.0. The minimum absolute atomic E-state index is 0.897. The summed E-state index contributed by atoms with van der Waals surface area (Å²) in [5, 5.41) is 0. The highest BCUT2D eigenvalue weighted by Crippen LogP contribution is 2.09. The molecule has 0 bridgehead atoms. The average Bonchev–Trinajstić information content (AvgIpc) is 2.39. The van der Waals surface area contributed by atoms with Gasteiger partial charge >= 0.3 is 0 Å². The van der Waals surface area contributed by atoms with Crippen LogP contribution < -0.4 is 0 Å². The Bertz CT molecular complexity index is 656. The molecule has 0 saturated carbocycles. The molecule has 0 saturated heterocycles. The molecule has 0 aliphatic carbocycles. The summed E-state index contributed by atoms with van der Waals surface area (Å²) in [6, 6.07) is 14.1. The maximum absolute atomic E-state index is 5.36. The lowest BCUT2D eigenvalue weighted by Gasteiger charge is -1.98. The van der Waals surface area contributed by atoms with Crippen molar-refractivity contribution in [2.75, 3.05) is 0 Å². The first-order chi connectivity index (χ1) is 8.69. The summed E-state index contributed by atoms with van der Waals surface area (Å²) in [5.41, 5.74) is 5.31. The molecule has 0 radical (unpaired) electrons. The van der Waals surface area contributed by atoms with Crippen LogP contribution in [0.15, 0.2) is 42.5 Å². The van der Waals surface area contributed by atoms with Gasteiger partial charge < -0.3 is 0 Å². The lowest BCUT2D eigenvalue weighted by molar-refractivity contribution is 1.42. The van der Waals surface area contributed by atoms with Gasteiger partial charge in [0.15, 0.2) is 0 Å². The summed E-state index contributed by atoms with van der Waals surface area (Å²) < 4.78 is 0. The smallest absolute Gasteiger partial charge is 0.0279 e. The molecule has 0 heterocycles. The van der Waals surface area contributed by atoms with Gasteiger partial charge in [-0.3, -0.25) is 0 Å². The molecule has 18 heavy (non-hydrogen) atoms. The molecule has 0 N–H and O–H groups in total. The second-order valence-corrected chi connectivity index (χ2v) is 4.29. The standard InChI is InChI=1S/C18H14/c1-4-16-9-11-18(15(3)13-16)12-10-17-7-5-14(2)6-8-17/h1,5-9,11,13H,2-3H3. The monoisotopic (exact) mass is 230 g/mol. The zero-order valence-electron chi connectivity index (χ0n) is 10.6. The van der Waals surface area contributed by atoms with Crippen molar-refractivity contribution in [2.24, 2.45) is 0 Å². The Hall–Kier alpha value is -2.44. The highest BCUT2D eigenvalue weighted by molar-refractivity contribution is 5.49. The Kier molecular flexibility index (Phi) is 3.52. The summed E-state index contributed by atoms with van der Waals surface area (Å²) in [6.07, 6.45) is 5.36. The maximum atomic E-state index is 5.36. The van der Waals surface area contributed by atoms with Crippen LogP contribution in [-0.4, -0.2) is 0 Å². The van der Waals surface area contributed by atoms with Crippen LogP contribution in [0, 0.1) is 38.0 Å². The zero-order chi connectivity index (χ0) is 13.0. The van der Waals surface area contributed by atoms with Crippen LogP contribution in [0.1, 0.15) is 27.8 Å². The van der Waals surface area contributed by atoms with E-state index in [4.69, 9.17) is 6.42 Å². The molecular formula is C18H14. The first-order valence-electron chi connectivity index (χ1n) is 5.85. The number of rotatable bonds is 0. The molecule has 2 rings (SSSR count). The third kappa shape index (κ3) is 2.82. The van der Waals surface area contributed by atoms with Crippen molar-refractivity contribution < 1.29 is 0 Å². The van der Waals surface area contributed by atoms with Crippen molar-refractivity contribution in [2.45, 2.75) is 13.8 Å². The summed E-state index contributed by atoms with van der Waals surface area (Å²) in [5.74, 6) is 8.97. The molecular weight excluding hydrogens is 216 g/mol. The second-order valence-electron chi connectivity index (χ2n) is 4.29. The SMILES string of the molecule is C#Cc1ccc(C#Cc2ccc(C)cc2)c(C)c1. The predicted octanol–water partition coefficient (Wildman–Crippen LogP) is 3.68. The zero-order valence-corrected chi connectivity index (χ0v) is 10.6. The quantitative estimate of drug-likeness (QED) is 0.606. The molecule has 0 heteroatoms. The fourth-order valence-corrected chi connectivity index (χ4v) is 1.67. The van der Waals surface area contributed by atoms with E-state index >= 15 is 0 Å². The van der Waals surface area contributed by atoms with Gasteiger partial charge in [-0.15, -0.1) is 6.42 Å². The van der Waals surface area contributed by atoms with Crippen LogP contribution in [-0.2, 0) is 0 Å². The Morgan fingerprint density at radius 3 is 2.11 bits per heavy atom. The molecule has 0 unspecified atom stereocenters. The molecule has 0 atom stereocenters. The molecule has 0 fully saturated rings. The van der Waals surface area contributed by atoms with Crippen molar-refractivity contribution in [3.63, 3.8) is 0 Å².